The highest BCUT2D eigenvalue weighted by Gasteiger charge is 2.44. The normalized spacial score (nSPS) is 25.9. The van der Waals surface area contributed by atoms with Crippen LogP contribution >= 0.6 is 0 Å². The number of benzene rings is 1. The van der Waals surface area contributed by atoms with Crippen molar-refractivity contribution in [3.63, 3.8) is 0 Å². The third-order valence-corrected chi connectivity index (χ3v) is 4.68. The lowest BCUT2D eigenvalue weighted by molar-refractivity contribution is -0.168. The van der Waals surface area contributed by atoms with Gasteiger partial charge >= 0.3 is 5.97 Å². The quantitative estimate of drug-likeness (QED) is 0.864. The summed E-state index contributed by atoms with van der Waals surface area (Å²) >= 11 is 0. The highest BCUT2D eigenvalue weighted by molar-refractivity contribution is 5.77. The Bertz CT molecular complexity index is 435. The van der Waals surface area contributed by atoms with E-state index in [9.17, 15) is 15.0 Å². The summed E-state index contributed by atoms with van der Waals surface area (Å²) in [5, 5.41) is 19.8. The van der Waals surface area contributed by atoms with Crippen LogP contribution in [0.15, 0.2) is 30.3 Å². The Labute approximate surface area is 120 Å². The van der Waals surface area contributed by atoms with E-state index in [0.29, 0.717) is 18.8 Å². The van der Waals surface area contributed by atoms with Gasteiger partial charge in [0.25, 0.3) is 0 Å². The molecule has 1 fully saturated rings. The molecule has 0 amide bonds. The summed E-state index contributed by atoms with van der Waals surface area (Å²) in [5.74, 6) is -0.658. The number of rotatable bonds is 5. The first-order chi connectivity index (χ1) is 9.58. The monoisotopic (exact) mass is 276 g/mol. The Hall–Kier alpha value is -1.35. The fraction of sp³-hybridized carbons (Fsp3) is 0.588. The highest BCUT2D eigenvalue weighted by Crippen LogP contribution is 2.41. The summed E-state index contributed by atoms with van der Waals surface area (Å²) in [6.07, 6.45) is 4.57. The third kappa shape index (κ3) is 3.04. The van der Waals surface area contributed by atoms with Crippen LogP contribution in [0, 0.1) is 5.92 Å². The van der Waals surface area contributed by atoms with Gasteiger partial charge in [-0.2, -0.15) is 0 Å². The zero-order valence-corrected chi connectivity index (χ0v) is 12.1. The second-order valence-electron chi connectivity index (χ2n) is 5.94. The predicted molar refractivity (Wildman–Crippen MR) is 78.6 cm³/mol. The minimum absolute atomic E-state index is 0.111. The molecule has 1 saturated carbocycles. The van der Waals surface area contributed by atoms with Crippen LogP contribution in [0.25, 0.3) is 0 Å². The molecule has 1 aromatic carbocycles. The number of aliphatic carboxylic acids is 1. The molecule has 1 unspecified atom stereocenters. The molecule has 3 nitrogen and oxygen atoms in total. The topological polar surface area (TPSA) is 57.5 Å². The Balaban J connectivity index is 2.01. The molecular weight excluding hydrogens is 252 g/mol. The molecule has 2 rings (SSSR count). The zero-order valence-electron chi connectivity index (χ0n) is 12.1. The molecule has 0 aromatic heterocycles. The van der Waals surface area contributed by atoms with E-state index in [0.717, 1.165) is 25.7 Å². The Kier molecular flexibility index (Phi) is 4.81. The van der Waals surface area contributed by atoms with Crippen LogP contribution in [-0.2, 0) is 4.79 Å². The van der Waals surface area contributed by atoms with Crippen LogP contribution < -0.4 is 0 Å². The minimum Gasteiger partial charge on any atom is -0.479 e. The van der Waals surface area contributed by atoms with Crippen LogP contribution in [0.5, 0.6) is 0 Å². The van der Waals surface area contributed by atoms with Gasteiger partial charge in [0.1, 0.15) is 0 Å². The summed E-state index contributed by atoms with van der Waals surface area (Å²) in [5.41, 5.74) is -0.198. The SMILES string of the molecule is CCCC(O)(C(=O)O)C1CCC(c2ccccc2)CC1. The van der Waals surface area contributed by atoms with E-state index >= 15 is 0 Å². The molecule has 1 atom stereocenters. The van der Waals surface area contributed by atoms with E-state index in [1.165, 1.54) is 5.56 Å². The van der Waals surface area contributed by atoms with Crippen molar-refractivity contribution in [2.24, 2.45) is 5.92 Å². The number of carboxylic acids is 1. The first-order valence-corrected chi connectivity index (χ1v) is 7.58. The van der Waals surface area contributed by atoms with Crippen molar-refractivity contribution < 1.29 is 15.0 Å². The second-order valence-corrected chi connectivity index (χ2v) is 5.94. The molecule has 110 valence electrons. The lowest BCUT2D eigenvalue weighted by Crippen LogP contribution is -2.47. The average Bonchev–Trinajstić information content (AvgIpc) is 2.48. The van der Waals surface area contributed by atoms with Gasteiger partial charge in [0, 0.05) is 0 Å². The van der Waals surface area contributed by atoms with Crippen LogP contribution in [0.4, 0.5) is 0 Å². The summed E-state index contributed by atoms with van der Waals surface area (Å²) in [4.78, 5) is 11.4. The Morgan fingerprint density at radius 2 is 1.80 bits per heavy atom. The van der Waals surface area contributed by atoms with Crippen molar-refractivity contribution >= 4 is 5.97 Å². The van der Waals surface area contributed by atoms with Gasteiger partial charge in [-0.25, -0.2) is 4.79 Å². The number of aliphatic hydroxyl groups is 1. The number of carbonyl (C=O) groups is 1. The maximum absolute atomic E-state index is 11.4. The van der Waals surface area contributed by atoms with Gasteiger partial charge in [-0.1, -0.05) is 43.7 Å². The maximum atomic E-state index is 11.4. The molecule has 0 radical (unpaired) electrons. The molecule has 0 bridgehead atoms. The molecule has 2 N–H and O–H groups in total. The van der Waals surface area contributed by atoms with E-state index in [-0.39, 0.29) is 5.92 Å². The standard InChI is InChI=1S/C17H24O3/c1-2-12-17(20,16(18)19)15-10-8-14(9-11-15)13-6-4-3-5-7-13/h3-7,14-15,20H,2,8-12H2,1H3,(H,18,19). The van der Waals surface area contributed by atoms with E-state index in [1.54, 1.807) is 0 Å². The summed E-state index contributed by atoms with van der Waals surface area (Å²) in [6.45, 7) is 1.92. The van der Waals surface area contributed by atoms with Gasteiger partial charge in [0.2, 0.25) is 0 Å². The van der Waals surface area contributed by atoms with Crippen LogP contribution in [-0.4, -0.2) is 21.8 Å². The molecule has 1 aromatic rings. The van der Waals surface area contributed by atoms with Crippen LogP contribution in [0.2, 0.25) is 0 Å². The van der Waals surface area contributed by atoms with Crippen molar-refractivity contribution in [3.8, 4) is 0 Å². The van der Waals surface area contributed by atoms with Crippen LogP contribution in [0.1, 0.15) is 56.9 Å². The van der Waals surface area contributed by atoms with Crippen molar-refractivity contribution in [3.05, 3.63) is 35.9 Å². The van der Waals surface area contributed by atoms with Crippen molar-refractivity contribution in [1.29, 1.82) is 0 Å². The Morgan fingerprint density at radius 1 is 1.20 bits per heavy atom. The lowest BCUT2D eigenvalue weighted by atomic mass is 9.70. The van der Waals surface area contributed by atoms with E-state index in [1.807, 2.05) is 25.1 Å². The summed E-state index contributed by atoms with van der Waals surface area (Å²) in [6, 6.07) is 10.4. The average molecular weight is 276 g/mol. The van der Waals surface area contributed by atoms with Gasteiger partial charge in [-0.15, -0.1) is 0 Å². The molecule has 3 heteroatoms. The predicted octanol–water partition coefficient (Wildman–Crippen LogP) is 3.58. The van der Waals surface area contributed by atoms with Gasteiger partial charge < -0.3 is 10.2 Å². The van der Waals surface area contributed by atoms with E-state index in [4.69, 9.17) is 0 Å². The van der Waals surface area contributed by atoms with E-state index in [2.05, 4.69) is 12.1 Å². The fourth-order valence-electron chi connectivity index (χ4n) is 3.50. The maximum Gasteiger partial charge on any atom is 0.335 e. The molecule has 0 aliphatic heterocycles. The zero-order chi connectivity index (χ0) is 14.6. The third-order valence-electron chi connectivity index (χ3n) is 4.68. The minimum atomic E-state index is -1.53. The van der Waals surface area contributed by atoms with Gasteiger partial charge in [0.15, 0.2) is 5.60 Å². The first kappa shape index (κ1) is 15.0. The molecule has 0 heterocycles. The molecule has 1 aliphatic rings. The fourth-order valence-corrected chi connectivity index (χ4v) is 3.50. The highest BCUT2D eigenvalue weighted by atomic mass is 16.4. The summed E-state index contributed by atoms with van der Waals surface area (Å²) < 4.78 is 0. The molecule has 1 aliphatic carbocycles. The number of carboxylic acid groups (broad SMARTS) is 1. The largest absolute Gasteiger partial charge is 0.479 e. The Morgan fingerprint density at radius 3 is 2.30 bits per heavy atom. The van der Waals surface area contributed by atoms with Crippen molar-refractivity contribution in [1.82, 2.24) is 0 Å². The lowest BCUT2D eigenvalue weighted by Gasteiger charge is -2.37. The second kappa shape index (κ2) is 6.40. The molecular formula is C17H24O3. The van der Waals surface area contributed by atoms with Gasteiger partial charge in [0.05, 0.1) is 0 Å². The van der Waals surface area contributed by atoms with Crippen molar-refractivity contribution in [2.45, 2.75) is 57.0 Å². The van der Waals surface area contributed by atoms with Crippen LogP contribution in [0.3, 0.4) is 0 Å². The first-order valence-electron chi connectivity index (χ1n) is 7.58. The van der Waals surface area contributed by atoms with E-state index < -0.39 is 11.6 Å². The number of hydrogen-bond donors (Lipinski definition) is 2. The summed E-state index contributed by atoms with van der Waals surface area (Å²) in [7, 11) is 0. The van der Waals surface area contributed by atoms with Gasteiger partial charge in [-0.3, -0.25) is 0 Å². The van der Waals surface area contributed by atoms with Gasteiger partial charge in [-0.05, 0) is 49.5 Å². The number of hydrogen-bond acceptors (Lipinski definition) is 2. The molecule has 0 saturated heterocycles. The molecule has 20 heavy (non-hydrogen) atoms. The molecule has 0 spiro atoms. The van der Waals surface area contributed by atoms with Crippen molar-refractivity contribution in [2.75, 3.05) is 0 Å². The smallest absolute Gasteiger partial charge is 0.335 e.